The van der Waals surface area contributed by atoms with Gasteiger partial charge >= 0.3 is 0 Å². The van der Waals surface area contributed by atoms with Crippen molar-refractivity contribution in [2.45, 2.75) is 19.3 Å². The SMILES string of the molecule is O=C(c1ccc2ccccc2c1)N1CCC(Cc2ccc(C3=NCCO3)cc2)CC1. The minimum Gasteiger partial charge on any atom is -0.476 e. The fourth-order valence-corrected chi connectivity index (χ4v) is 4.47. The lowest BCUT2D eigenvalue weighted by molar-refractivity contribution is 0.0690. The molecular formula is C26H26N2O2. The normalized spacial score (nSPS) is 17.1. The van der Waals surface area contributed by atoms with E-state index in [4.69, 9.17) is 4.74 Å². The number of carbonyl (C=O) groups excluding carboxylic acids is 1. The Morgan fingerprint density at radius 2 is 1.73 bits per heavy atom. The quantitative estimate of drug-likeness (QED) is 0.639. The van der Waals surface area contributed by atoms with Crippen LogP contribution in [0.25, 0.3) is 10.8 Å². The molecule has 4 nitrogen and oxygen atoms in total. The third-order valence-electron chi connectivity index (χ3n) is 6.21. The highest BCUT2D eigenvalue weighted by molar-refractivity contribution is 5.98. The van der Waals surface area contributed by atoms with Crippen molar-refractivity contribution in [2.24, 2.45) is 10.9 Å². The summed E-state index contributed by atoms with van der Waals surface area (Å²) in [7, 11) is 0. The molecule has 2 aliphatic heterocycles. The van der Waals surface area contributed by atoms with Gasteiger partial charge < -0.3 is 9.64 Å². The average molecular weight is 399 g/mol. The zero-order valence-corrected chi connectivity index (χ0v) is 17.1. The van der Waals surface area contributed by atoms with E-state index in [9.17, 15) is 4.79 Å². The molecule has 0 unspecified atom stereocenters. The fourth-order valence-electron chi connectivity index (χ4n) is 4.47. The van der Waals surface area contributed by atoms with Gasteiger partial charge in [-0.1, -0.05) is 42.5 Å². The highest BCUT2D eigenvalue weighted by Crippen LogP contribution is 2.24. The number of likely N-dealkylation sites (tertiary alicyclic amines) is 1. The summed E-state index contributed by atoms with van der Waals surface area (Å²) in [5, 5.41) is 2.29. The summed E-state index contributed by atoms with van der Waals surface area (Å²) in [5.41, 5.74) is 3.20. The van der Waals surface area contributed by atoms with Crippen LogP contribution in [0.5, 0.6) is 0 Å². The van der Waals surface area contributed by atoms with Crippen molar-refractivity contribution in [3.8, 4) is 0 Å². The molecule has 0 saturated carbocycles. The van der Waals surface area contributed by atoms with Crippen molar-refractivity contribution >= 4 is 22.6 Å². The third-order valence-corrected chi connectivity index (χ3v) is 6.21. The highest BCUT2D eigenvalue weighted by Gasteiger charge is 2.24. The summed E-state index contributed by atoms with van der Waals surface area (Å²) in [6.07, 6.45) is 3.17. The molecular weight excluding hydrogens is 372 g/mol. The topological polar surface area (TPSA) is 41.9 Å². The van der Waals surface area contributed by atoms with Crippen molar-refractivity contribution in [3.05, 3.63) is 83.4 Å². The van der Waals surface area contributed by atoms with Crippen LogP contribution in [-0.2, 0) is 11.2 Å². The lowest BCUT2D eigenvalue weighted by Gasteiger charge is -2.32. The maximum absolute atomic E-state index is 13.0. The minimum atomic E-state index is 0.154. The van der Waals surface area contributed by atoms with Crippen LogP contribution < -0.4 is 0 Å². The number of aliphatic imine (C=N–C) groups is 1. The number of carbonyl (C=O) groups is 1. The van der Waals surface area contributed by atoms with Crippen LogP contribution in [0.3, 0.4) is 0 Å². The maximum atomic E-state index is 13.0. The first-order valence-electron chi connectivity index (χ1n) is 10.8. The lowest BCUT2D eigenvalue weighted by Crippen LogP contribution is -2.38. The molecule has 0 aliphatic carbocycles. The Morgan fingerprint density at radius 1 is 0.967 bits per heavy atom. The van der Waals surface area contributed by atoms with Crippen LogP contribution in [0.4, 0.5) is 0 Å². The number of benzene rings is 3. The van der Waals surface area contributed by atoms with E-state index in [1.165, 1.54) is 10.9 Å². The number of nitrogens with zero attached hydrogens (tertiary/aromatic N) is 2. The zero-order chi connectivity index (χ0) is 20.3. The van der Waals surface area contributed by atoms with Crippen LogP contribution in [0.15, 0.2) is 71.7 Å². The van der Waals surface area contributed by atoms with E-state index in [0.29, 0.717) is 12.5 Å². The number of hydrogen-bond acceptors (Lipinski definition) is 3. The first-order valence-corrected chi connectivity index (χ1v) is 10.8. The van der Waals surface area contributed by atoms with E-state index in [1.54, 1.807) is 0 Å². The molecule has 0 bridgehead atoms. The number of ether oxygens (including phenoxy) is 1. The highest BCUT2D eigenvalue weighted by atomic mass is 16.5. The van der Waals surface area contributed by atoms with Gasteiger partial charge in [0.2, 0.25) is 5.90 Å². The molecule has 3 aromatic rings. The lowest BCUT2D eigenvalue weighted by atomic mass is 9.89. The second-order valence-corrected chi connectivity index (χ2v) is 8.23. The van der Waals surface area contributed by atoms with Gasteiger partial charge in [-0.15, -0.1) is 0 Å². The van der Waals surface area contributed by atoms with Crippen LogP contribution in [0.2, 0.25) is 0 Å². The van der Waals surface area contributed by atoms with Gasteiger partial charge in [0.1, 0.15) is 6.61 Å². The van der Waals surface area contributed by atoms with Gasteiger partial charge in [0, 0.05) is 24.2 Å². The molecule has 1 saturated heterocycles. The van der Waals surface area contributed by atoms with Crippen LogP contribution in [-0.4, -0.2) is 42.9 Å². The van der Waals surface area contributed by atoms with Gasteiger partial charge in [0.15, 0.2) is 0 Å². The fraction of sp³-hybridized carbons (Fsp3) is 0.308. The summed E-state index contributed by atoms with van der Waals surface area (Å²) in [4.78, 5) is 19.4. The van der Waals surface area contributed by atoms with Gasteiger partial charge in [-0.2, -0.15) is 0 Å². The van der Waals surface area contributed by atoms with E-state index < -0.39 is 0 Å². The largest absolute Gasteiger partial charge is 0.476 e. The standard InChI is InChI=1S/C26H26N2O2/c29-26(24-10-9-21-3-1-2-4-23(21)18-24)28-14-11-20(12-15-28)17-19-5-7-22(8-6-19)25-27-13-16-30-25/h1-10,18,20H,11-17H2. The van der Waals surface area contributed by atoms with Crippen molar-refractivity contribution in [1.29, 1.82) is 0 Å². The predicted octanol–water partition coefficient (Wildman–Crippen LogP) is 4.71. The minimum absolute atomic E-state index is 0.154. The summed E-state index contributed by atoms with van der Waals surface area (Å²) in [5.74, 6) is 1.54. The Balaban J connectivity index is 1.18. The Bertz CT molecular complexity index is 1080. The molecule has 0 aromatic heterocycles. The molecule has 152 valence electrons. The van der Waals surface area contributed by atoms with E-state index in [1.807, 2.05) is 35.2 Å². The number of fused-ring (bicyclic) bond motifs is 1. The second kappa shape index (κ2) is 8.31. The smallest absolute Gasteiger partial charge is 0.253 e. The molecule has 1 fully saturated rings. The van der Waals surface area contributed by atoms with E-state index in [-0.39, 0.29) is 5.91 Å². The van der Waals surface area contributed by atoms with Crippen molar-refractivity contribution in [3.63, 3.8) is 0 Å². The molecule has 0 N–H and O–H groups in total. The summed E-state index contributed by atoms with van der Waals surface area (Å²) < 4.78 is 5.54. The molecule has 2 heterocycles. The van der Waals surface area contributed by atoms with E-state index in [0.717, 1.165) is 61.3 Å². The number of hydrogen-bond donors (Lipinski definition) is 0. The van der Waals surface area contributed by atoms with E-state index in [2.05, 4.69) is 41.4 Å². The Kier molecular flexibility index (Phi) is 5.22. The molecule has 4 heteroatoms. The van der Waals surface area contributed by atoms with Gasteiger partial charge in [-0.3, -0.25) is 4.79 Å². The number of rotatable bonds is 4. The molecule has 0 atom stereocenters. The van der Waals surface area contributed by atoms with E-state index >= 15 is 0 Å². The molecule has 2 aliphatic rings. The van der Waals surface area contributed by atoms with Crippen LogP contribution >= 0.6 is 0 Å². The summed E-state index contributed by atoms with van der Waals surface area (Å²) in [6, 6.07) is 22.8. The molecule has 0 spiro atoms. The predicted molar refractivity (Wildman–Crippen MR) is 120 cm³/mol. The first-order chi connectivity index (χ1) is 14.8. The van der Waals surface area contributed by atoms with Crippen molar-refractivity contribution < 1.29 is 9.53 Å². The molecule has 5 rings (SSSR count). The summed E-state index contributed by atoms with van der Waals surface area (Å²) >= 11 is 0. The maximum Gasteiger partial charge on any atom is 0.253 e. The Hall–Kier alpha value is -3.14. The van der Waals surface area contributed by atoms with Crippen molar-refractivity contribution in [2.75, 3.05) is 26.2 Å². The van der Waals surface area contributed by atoms with Gasteiger partial charge in [0.05, 0.1) is 6.54 Å². The van der Waals surface area contributed by atoms with Gasteiger partial charge in [-0.25, -0.2) is 4.99 Å². The first kappa shape index (κ1) is 18.9. The van der Waals surface area contributed by atoms with Crippen molar-refractivity contribution in [1.82, 2.24) is 4.90 Å². The van der Waals surface area contributed by atoms with Crippen LogP contribution in [0, 0.1) is 5.92 Å². The Labute approximate surface area is 177 Å². The molecule has 30 heavy (non-hydrogen) atoms. The second-order valence-electron chi connectivity index (χ2n) is 8.23. The zero-order valence-electron chi connectivity index (χ0n) is 17.1. The summed E-state index contributed by atoms with van der Waals surface area (Å²) in [6.45, 7) is 3.11. The van der Waals surface area contributed by atoms with Gasteiger partial charge in [-0.05, 0) is 65.8 Å². The Morgan fingerprint density at radius 3 is 2.47 bits per heavy atom. The van der Waals surface area contributed by atoms with Crippen LogP contribution in [0.1, 0.15) is 34.3 Å². The monoisotopic (exact) mass is 398 g/mol. The number of piperidine rings is 1. The molecule has 3 aromatic carbocycles. The number of amides is 1. The average Bonchev–Trinajstić information content (AvgIpc) is 3.34. The third kappa shape index (κ3) is 3.95. The molecule has 0 radical (unpaired) electrons. The van der Waals surface area contributed by atoms with Gasteiger partial charge in [0.25, 0.3) is 5.91 Å². The molecule has 1 amide bonds.